The summed E-state index contributed by atoms with van der Waals surface area (Å²) in [7, 11) is 0. The van der Waals surface area contributed by atoms with Crippen molar-refractivity contribution in [1.29, 1.82) is 0 Å². The number of nitrogens with zero attached hydrogens (tertiary/aromatic N) is 1. The summed E-state index contributed by atoms with van der Waals surface area (Å²) in [6.45, 7) is 1.36. The fourth-order valence-corrected chi connectivity index (χ4v) is 11.9. The first-order valence-corrected chi connectivity index (χ1v) is 34.4. The summed E-state index contributed by atoms with van der Waals surface area (Å²) in [5.41, 5.74) is 11.8. The van der Waals surface area contributed by atoms with E-state index in [4.69, 9.17) is 34.2 Å². The number of amides is 6. The summed E-state index contributed by atoms with van der Waals surface area (Å²) in [6.07, 6.45) is 0.891. The lowest BCUT2D eigenvalue weighted by Gasteiger charge is -2.25. The zero-order valence-corrected chi connectivity index (χ0v) is 56.8. The molecule has 12 rings (SSSR count). The van der Waals surface area contributed by atoms with Crippen LogP contribution in [-0.2, 0) is 39.6 Å². The van der Waals surface area contributed by atoms with Crippen molar-refractivity contribution in [3.05, 3.63) is 285 Å². The zero-order chi connectivity index (χ0) is 70.7. The van der Waals surface area contributed by atoms with Crippen LogP contribution in [0.5, 0.6) is 34.5 Å². The SMILES string of the molecule is NCC[C@H]1CNC2CCNC(=O)c3ccc(c(OCc4ccccc4)c3OCc3ccccc3)C(=O)NCCN(CCNC(=O)c3ccc(c(OCc4ccccc4)c3OCc3ccccc3)C(=O)NCC2)CCNC(=O)c2ccc(c(OCc3ccccc3)c2OCc2ccccc2)C(=O)N1. The van der Waals surface area contributed by atoms with Crippen LogP contribution in [0.3, 0.4) is 0 Å². The van der Waals surface area contributed by atoms with Crippen molar-refractivity contribution < 1.29 is 57.2 Å². The van der Waals surface area contributed by atoms with Crippen LogP contribution in [0.2, 0.25) is 0 Å². The third-order valence-corrected chi connectivity index (χ3v) is 17.4. The molecule has 9 N–H and O–H groups in total. The summed E-state index contributed by atoms with van der Waals surface area (Å²) in [4.78, 5) is 91.8. The number of carbonyl (C=O) groups is 6. The van der Waals surface area contributed by atoms with Gasteiger partial charge in [-0.2, -0.15) is 0 Å². The van der Waals surface area contributed by atoms with Gasteiger partial charge in [-0.3, -0.25) is 33.7 Å². The van der Waals surface area contributed by atoms with Crippen LogP contribution in [0.4, 0.5) is 0 Å². The van der Waals surface area contributed by atoms with E-state index in [9.17, 15) is 24.0 Å². The van der Waals surface area contributed by atoms with Gasteiger partial charge in [-0.05, 0) is 95.6 Å². The van der Waals surface area contributed by atoms with Gasteiger partial charge in [-0.1, -0.05) is 182 Å². The van der Waals surface area contributed by atoms with E-state index in [-0.39, 0.29) is 186 Å². The molecule has 3 aliphatic rings. The van der Waals surface area contributed by atoms with E-state index in [0.717, 1.165) is 33.4 Å². The van der Waals surface area contributed by atoms with Crippen molar-refractivity contribution in [2.75, 3.05) is 65.4 Å². The quantitative estimate of drug-likeness (QED) is 0.0353. The number of nitrogens with one attached hydrogen (secondary N) is 7. The number of ether oxygens (including phenoxy) is 6. The Labute approximate surface area is 593 Å². The Kier molecular flexibility index (Phi) is 26.1. The highest BCUT2D eigenvalue weighted by Crippen LogP contribution is 2.40. The fourth-order valence-electron chi connectivity index (χ4n) is 11.9. The first-order chi connectivity index (χ1) is 50.0. The third kappa shape index (κ3) is 20.1. The lowest BCUT2D eigenvalue weighted by atomic mass is 10.0. The van der Waals surface area contributed by atoms with Crippen LogP contribution >= 0.6 is 0 Å². The fraction of sp³-hybridized carbons (Fsp3) is 0.259. The Bertz CT molecular complexity index is 4080. The highest BCUT2D eigenvalue weighted by Gasteiger charge is 2.31. The molecule has 8 bridgehead atoms. The Morgan fingerprint density at radius 2 is 0.549 bits per heavy atom. The van der Waals surface area contributed by atoms with E-state index in [0.29, 0.717) is 6.42 Å². The van der Waals surface area contributed by atoms with Gasteiger partial charge >= 0.3 is 0 Å². The molecule has 3 heterocycles. The zero-order valence-electron chi connectivity index (χ0n) is 56.8. The number of rotatable bonds is 20. The van der Waals surface area contributed by atoms with Gasteiger partial charge in [-0.25, -0.2) is 0 Å². The van der Waals surface area contributed by atoms with E-state index in [2.05, 4.69) is 37.2 Å². The number of carbonyl (C=O) groups excluding carboxylic acids is 6. The van der Waals surface area contributed by atoms with E-state index in [1.165, 1.54) is 0 Å². The predicted molar refractivity (Wildman–Crippen MR) is 388 cm³/mol. The van der Waals surface area contributed by atoms with Crippen LogP contribution in [0.15, 0.2) is 218 Å². The molecule has 102 heavy (non-hydrogen) atoms. The largest absolute Gasteiger partial charge is 0.484 e. The Balaban J connectivity index is 1.00. The van der Waals surface area contributed by atoms with E-state index < -0.39 is 47.5 Å². The average Bonchev–Trinajstić information content (AvgIpc) is 0.808. The Hall–Kier alpha value is -11.5. The van der Waals surface area contributed by atoms with Crippen molar-refractivity contribution in [2.24, 2.45) is 5.73 Å². The van der Waals surface area contributed by atoms with Crippen LogP contribution in [0.1, 0.15) is 115 Å². The molecule has 21 nitrogen and oxygen atoms in total. The molecule has 0 aromatic heterocycles. The van der Waals surface area contributed by atoms with Crippen molar-refractivity contribution >= 4 is 35.4 Å². The highest BCUT2D eigenvalue weighted by atomic mass is 16.5. The summed E-state index contributed by atoms with van der Waals surface area (Å²) in [5, 5.41) is 22.3. The number of fused-ring (bicyclic) bond motifs is 19. The third-order valence-electron chi connectivity index (χ3n) is 17.4. The molecule has 0 unspecified atom stereocenters. The second-order valence-electron chi connectivity index (χ2n) is 24.7. The van der Waals surface area contributed by atoms with Gasteiger partial charge in [-0.15, -0.1) is 0 Å². The van der Waals surface area contributed by atoms with Gasteiger partial charge in [0.2, 0.25) is 0 Å². The maximum Gasteiger partial charge on any atom is 0.255 e. The Morgan fingerprint density at radius 3 is 0.794 bits per heavy atom. The average molecular weight is 1380 g/mol. The van der Waals surface area contributed by atoms with E-state index in [1.807, 2.05) is 187 Å². The Morgan fingerprint density at radius 1 is 0.314 bits per heavy atom. The number of hydrogen-bond acceptors (Lipinski definition) is 15. The molecule has 21 heteroatoms. The molecular formula is C81H85N9O12. The summed E-state index contributed by atoms with van der Waals surface area (Å²) >= 11 is 0. The van der Waals surface area contributed by atoms with Gasteiger partial charge in [0.25, 0.3) is 35.4 Å². The molecule has 1 atom stereocenters. The maximum atomic E-state index is 15.1. The summed E-state index contributed by atoms with van der Waals surface area (Å²) in [6, 6.07) is 64.8. The van der Waals surface area contributed by atoms with Gasteiger partial charge < -0.3 is 71.4 Å². The van der Waals surface area contributed by atoms with Gasteiger partial charge in [0.05, 0.1) is 33.4 Å². The van der Waals surface area contributed by atoms with Crippen LogP contribution in [-0.4, -0.2) is 118 Å². The first-order valence-electron chi connectivity index (χ1n) is 34.4. The topological polar surface area (TPSA) is 271 Å². The molecule has 9 aromatic rings. The van der Waals surface area contributed by atoms with Gasteiger partial charge in [0.15, 0.2) is 34.5 Å². The van der Waals surface area contributed by atoms with E-state index >= 15 is 4.79 Å². The van der Waals surface area contributed by atoms with Gasteiger partial charge in [0, 0.05) is 71.0 Å². The molecular weight excluding hydrogens is 1290 g/mol. The molecule has 3 aliphatic heterocycles. The minimum Gasteiger partial charge on any atom is -0.484 e. The first kappa shape index (κ1) is 71.8. The maximum absolute atomic E-state index is 15.1. The minimum absolute atomic E-state index is 0.0145. The van der Waals surface area contributed by atoms with Crippen molar-refractivity contribution in [2.45, 2.75) is 71.0 Å². The second kappa shape index (κ2) is 37.1. The van der Waals surface area contributed by atoms with E-state index in [1.54, 1.807) is 36.4 Å². The van der Waals surface area contributed by atoms with Crippen LogP contribution < -0.4 is 71.4 Å². The standard InChI is InChI=1S/C81H85N9O12/c82-40-37-63-49-88-62-38-41-83-76(91)64-31-33-66(72(99-52-58-23-11-3-12-24-58)70(64)97-50-56-19-7-1-8-20-56)78(93)85-43-46-90(48-45-87-80(95)68-35-36-69(81(96)89-63)75(102-55-61-29-17-6-18-30-61)74(68)101-54-60-27-15-5-16-28-60)47-44-86-79(94)67-34-32-65(77(92)84-42-39-62)71(98-51-57-21-9-2-10-22-57)73(67)100-53-59-25-13-4-14-26-59/h1-36,62-63,88H,37-55,82H2,(H,83,91)(H,84,92)(H,85,93)(H,86,94)(H,87,95)(H,89,96)/t63-/m0/s1. The number of nitrogens with two attached hydrogens (primary N) is 1. The second-order valence-corrected chi connectivity index (χ2v) is 24.7. The molecule has 0 saturated carbocycles. The van der Waals surface area contributed by atoms with Crippen molar-refractivity contribution in [3.63, 3.8) is 0 Å². The smallest absolute Gasteiger partial charge is 0.255 e. The normalized spacial score (nSPS) is 16.6. The van der Waals surface area contributed by atoms with Gasteiger partial charge in [0.1, 0.15) is 39.6 Å². The molecule has 6 amide bonds. The highest BCUT2D eigenvalue weighted by molar-refractivity contribution is 6.05. The monoisotopic (exact) mass is 1380 g/mol. The summed E-state index contributed by atoms with van der Waals surface area (Å²) < 4.78 is 39.7. The molecule has 0 aliphatic carbocycles. The molecule has 0 spiro atoms. The number of benzene rings is 9. The molecule has 0 radical (unpaired) electrons. The lowest BCUT2D eigenvalue weighted by molar-refractivity contribution is 0.0914. The minimum atomic E-state index is -0.607. The molecule has 0 saturated heterocycles. The number of hydrogen-bond donors (Lipinski definition) is 8. The lowest BCUT2D eigenvalue weighted by Crippen LogP contribution is -2.47. The van der Waals surface area contributed by atoms with Crippen molar-refractivity contribution in [1.82, 2.24) is 42.1 Å². The summed E-state index contributed by atoms with van der Waals surface area (Å²) in [5.74, 6) is -2.85. The molecule has 526 valence electrons. The van der Waals surface area contributed by atoms with Crippen LogP contribution in [0, 0.1) is 0 Å². The van der Waals surface area contributed by atoms with Crippen molar-refractivity contribution in [3.8, 4) is 34.5 Å². The van der Waals surface area contributed by atoms with Crippen LogP contribution in [0.25, 0.3) is 0 Å². The molecule has 9 aromatic carbocycles. The predicted octanol–water partition coefficient (Wildman–Crippen LogP) is 9.72. The molecule has 0 fully saturated rings.